The first-order valence-corrected chi connectivity index (χ1v) is 20.7. The fraction of sp³-hybridized carbons (Fsp3) is 0.780. The molecule has 4 heterocycles. The molecule has 344 valence electrons. The highest BCUT2D eigenvalue weighted by Gasteiger charge is 2.56. The Morgan fingerprint density at radius 3 is 1.95 bits per heavy atom. The Hall–Kier alpha value is -4.53. The summed E-state index contributed by atoms with van der Waals surface area (Å²) in [5.41, 5.74) is 3.81. The van der Waals surface area contributed by atoms with Gasteiger partial charge < -0.3 is 59.3 Å². The third kappa shape index (κ3) is 15.1. The summed E-state index contributed by atoms with van der Waals surface area (Å²) in [6.07, 6.45) is -1.12. The number of nitrogens with two attached hydrogens (primary N) is 1. The number of carbonyl (C=O) groups is 4. The van der Waals surface area contributed by atoms with Crippen LogP contribution in [0.4, 0.5) is 20.2 Å². The maximum atomic E-state index is 13.6. The van der Waals surface area contributed by atoms with Crippen molar-refractivity contribution in [2.45, 2.75) is 175 Å². The number of anilines is 1. The van der Waals surface area contributed by atoms with E-state index < -0.39 is 89.1 Å². The van der Waals surface area contributed by atoms with Crippen molar-refractivity contribution in [1.82, 2.24) is 40.0 Å². The van der Waals surface area contributed by atoms with E-state index in [1.807, 2.05) is 18.7 Å². The number of carbonyl (C=O) groups excluding carboxylic acids is 4. The number of aromatic nitrogens is 4. The van der Waals surface area contributed by atoms with E-state index in [1.54, 1.807) is 101 Å². The third-order valence-electron chi connectivity index (χ3n) is 9.06. The van der Waals surface area contributed by atoms with Gasteiger partial charge >= 0.3 is 24.2 Å². The number of hydrogen-bond donors (Lipinski definition) is 3. The van der Waals surface area contributed by atoms with Crippen molar-refractivity contribution in [1.29, 1.82) is 0 Å². The molecule has 0 saturated carbocycles. The topological polar surface area (TPSA) is 233 Å². The monoisotopic (exact) mass is 864 g/mol. The van der Waals surface area contributed by atoms with Gasteiger partial charge in [-0.3, -0.25) is 4.57 Å². The second-order valence-corrected chi connectivity index (χ2v) is 20.0. The zero-order chi connectivity index (χ0) is 45.9. The number of nitrogens with one attached hydrogen (secondary N) is 2. The molecule has 2 saturated heterocycles. The minimum absolute atomic E-state index is 0.0826. The van der Waals surface area contributed by atoms with Gasteiger partial charge in [-0.05, 0) is 110 Å². The smallest absolute Gasteiger partial charge is 0.410 e. The molecule has 0 spiro atoms. The molecule has 0 aliphatic carbocycles. The van der Waals surface area contributed by atoms with Crippen LogP contribution in [0.3, 0.4) is 0 Å². The molecule has 2 aromatic heterocycles. The Morgan fingerprint density at radius 1 is 0.803 bits per heavy atom. The van der Waals surface area contributed by atoms with Crippen molar-refractivity contribution in [3.63, 3.8) is 0 Å². The van der Waals surface area contributed by atoms with Gasteiger partial charge in [0.15, 0.2) is 23.5 Å². The first-order valence-electron chi connectivity index (χ1n) is 20.7. The highest BCUT2D eigenvalue weighted by atomic mass is 16.8. The van der Waals surface area contributed by atoms with Gasteiger partial charge in [-0.25, -0.2) is 34.1 Å². The minimum atomic E-state index is -1.09. The molecule has 2 unspecified atom stereocenters. The molecule has 61 heavy (non-hydrogen) atoms. The minimum Gasteiger partial charge on any atom is -0.458 e. The zero-order valence-electron chi connectivity index (χ0n) is 38.6. The third-order valence-corrected chi connectivity index (χ3v) is 9.06. The Morgan fingerprint density at radius 2 is 1.36 bits per heavy atom. The SMILES string of the molecule is CN(CC(CCN(CCC(NC(=O)OC(C)(C)C)C(=O)OC(C)(C)C)C[C@H]1O[C@@H](n2cnc3c(N)ncnc32)[C@@H]2OC(C)(C)O[C@@H]21)NC(=O)OC(C)(C)C)C(=O)OC(C)(C)C. The lowest BCUT2D eigenvalue weighted by Gasteiger charge is -2.33. The lowest BCUT2D eigenvalue weighted by molar-refractivity contribution is -0.198. The Balaban J connectivity index is 1.67. The molecule has 2 aliphatic heterocycles. The summed E-state index contributed by atoms with van der Waals surface area (Å²) in [6.45, 7) is 25.5. The van der Waals surface area contributed by atoms with Gasteiger partial charge in [-0.2, -0.15) is 0 Å². The molecule has 2 aromatic rings. The van der Waals surface area contributed by atoms with E-state index in [0.717, 1.165) is 0 Å². The van der Waals surface area contributed by atoms with Crippen molar-refractivity contribution in [3.8, 4) is 0 Å². The van der Waals surface area contributed by atoms with Crippen LogP contribution in [0.25, 0.3) is 11.2 Å². The van der Waals surface area contributed by atoms with Gasteiger partial charge in [-0.1, -0.05) is 0 Å². The number of imidazole rings is 1. The zero-order valence-corrected chi connectivity index (χ0v) is 38.6. The number of alkyl carbamates (subject to hydrolysis) is 2. The van der Waals surface area contributed by atoms with E-state index in [2.05, 4.69) is 25.6 Å². The van der Waals surface area contributed by atoms with Crippen molar-refractivity contribution in [3.05, 3.63) is 12.7 Å². The van der Waals surface area contributed by atoms with Gasteiger partial charge in [0, 0.05) is 33.2 Å². The number of likely N-dealkylation sites (N-methyl/N-ethyl adjacent to an activating group) is 1. The first-order chi connectivity index (χ1) is 27.9. The molecule has 20 heteroatoms. The molecule has 0 aromatic carbocycles. The van der Waals surface area contributed by atoms with Gasteiger partial charge in [0.25, 0.3) is 0 Å². The number of ether oxygens (including phenoxy) is 7. The van der Waals surface area contributed by atoms with Crippen LogP contribution in [0.1, 0.15) is 116 Å². The van der Waals surface area contributed by atoms with E-state index >= 15 is 0 Å². The van der Waals surface area contributed by atoms with Crippen LogP contribution < -0.4 is 16.4 Å². The number of nitrogens with zero attached hydrogens (tertiary/aromatic N) is 6. The Kier molecular flexibility index (Phi) is 15.2. The summed E-state index contributed by atoms with van der Waals surface area (Å²) < 4.78 is 43.8. The van der Waals surface area contributed by atoms with Gasteiger partial charge in [0.1, 0.15) is 58.6 Å². The summed E-state index contributed by atoms with van der Waals surface area (Å²) in [5.74, 6) is -1.38. The molecule has 0 bridgehead atoms. The van der Waals surface area contributed by atoms with E-state index in [0.29, 0.717) is 24.1 Å². The molecule has 20 nitrogen and oxygen atoms in total. The quantitative estimate of drug-likeness (QED) is 0.169. The molecule has 2 fully saturated rings. The summed E-state index contributed by atoms with van der Waals surface area (Å²) in [4.78, 5) is 69.3. The van der Waals surface area contributed by atoms with E-state index in [4.69, 9.17) is 38.9 Å². The fourth-order valence-electron chi connectivity index (χ4n) is 6.79. The summed E-state index contributed by atoms with van der Waals surface area (Å²) in [5, 5.41) is 5.64. The van der Waals surface area contributed by atoms with Crippen LogP contribution in [-0.2, 0) is 38.0 Å². The average Bonchev–Trinajstić information content (AvgIpc) is 3.73. The number of fused-ring (bicyclic) bond motifs is 2. The number of hydrogen-bond acceptors (Lipinski definition) is 16. The first kappa shape index (κ1) is 49.1. The average molecular weight is 864 g/mol. The Bertz CT molecular complexity index is 1840. The molecule has 4 N–H and O–H groups in total. The molecular weight excluding hydrogens is 795 g/mol. The lowest BCUT2D eigenvalue weighted by atomic mass is 10.1. The normalized spacial score (nSPS) is 21.4. The predicted octanol–water partition coefficient (Wildman–Crippen LogP) is 4.90. The predicted molar refractivity (Wildman–Crippen MR) is 224 cm³/mol. The molecule has 0 radical (unpaired) electrons. The standard InChI is InChI=1S/C41H69N9O11/c1-37(2,3)58-33(51)25(47-35(53)60-39(7,8)9)17-19-49(18-16-24(46-34(52)59-38(4,5)6)20-48(15)36(54)61-40(10,11)12)21-26-28-29(57-41(13,14)56-28)32(55-26)50-23-45-27-30(42)43-22-44-31(27)50/h22-26,28-29,32H,16-21H2,1-15H3,(H,46,52)(H,47,53)(H2,42,43,44)/t24?,25?,26-,28-,29-,32-/m1/s1. The molecule has 6 atom stereocenters. The maximum Gasteiger partial charge on any atom is 0.410 e. The van der Waals surface area contributed by atoms with Crippen LogP contribution in [0, 0.1) is 0 Å². The number of amides is 3. The van der Waals surface area contributed by atoms with Crippen LogP contribution in [-0.4, -0.2) is 145 Å². The molecule has 2 aliphatic rings. The van der Waals surface area contributed by atoms with Gasteiger partial charge in [0.05, 0.1) is 12.4 Å². The Labute approximate surface area is 359 Å². The highest BCUT2D eigenvalue weighted by molar-refractivity contribution is 5.82. The number of esters is 1. The van der Waals surface area contributed by atoms with Crippen molar-refractivity contribution < 1.29 is 52.3 Å². The van der Waals surface area contributed by atoms with Crippen LogP contribution in [0.2, 0.25) is 0 Å². The summed E-state index contributed by atoms with van der Waals surface area (Å²) in [6, 6.07) is -1.71. The van der Waals surface area contributed by atoms with Gasteiger partial charge in [-0.15, -0.1) is 0 Å². The summed E-state index contributed by atoms with van der Waals surface area (Å²) in [7, 11) is 1.59. The summed E-state index contributed by atoms with van der Waals surface area (Å²) >= 11 is 0. The maximum absolute atomic E-state index is 13.6. The second-order valence-electron chi connectivity index (χ2n) is 20.0. The highest BCUT2D eigenvalue weighted by Crippen LogP contribution is 2.44. The molecular formula is C41H69N9O11. The molecule has 4 rings (SSSR count). The van der Waals surface area contributed by atoms with Crippen molar-refractivity contribution in [2.75, 3.05) is 39.0 Å². The van der Waals surface area contributed by atoms with E-state index in [9.17, 15) is 19.2 Å². The molecule has 3 amide bonds. The van der Waals surface area contributed by atoms with E-state index in [1.165, 1.54) is 11.2 Å². The van der Waals surface area contributed by atoms with Crippen LogP contribution in [0.15, 0.2) is 12.7 Å². The van der Waals surface area contributed by atoms with Crippen molar-refractivity contribution in [2.24, 2.45) is 0 Å². The van der Waals surface area contributed by atoms with E-state index in [-0.39, 0.29) is 31.9 Å². The second kappa shape index (κ2) is 18.8. The number of nitrogen functional groups attached to an aromatic ring is 1. The fourth-order valence-corrected chi connectivity index (χ4v) is 6.79. The van der Waals surface area contributed by atoms with Crippen LogP contribution >= 0.6 is 0 Å². The largest absolute Gasteiger partial charge is 0.458 e. The number of rotatable bonds is 14. The van der Waals surface area contributed by atoms with Crippen molar-refractivity contribution >= 4 is 41.2 Å². The lowest BCUT2D eigenvalue weighted by Crippen LogP contribution is -2.50. The van der Waals surface area contributed by atoms with Crippen LogP contribution in [0.5, 0.6) is 0 Å². The van der Waals surface area contributed by atoms with Gasteiger partial charge in [0.2, 0.25) is 0 Å².